The van der Waals surface area contributed by atoms with Gasteiger partial charge in [0, 0.05) is 11.4 Å². The lowest BCUT2D eigenvalue weighted by Gasteiger charge is -2.11. The molecule has 0 saturated carbocycles. The molecule has 0 saturated heterocycles. The van der Waals surface area contributed by atoms with Crippen LogP contribution in [0.2, 0.25) is 0 Å². The molecular weight excluding hydrogens is 262 g/mol. The molecule has 0 aliphatic heterocycles. The van der Waals surface area contributed by atoms with Gasteiger partial charge in [0.15, 0.2) is 0 Å². The van der Waals surface area contributed by atoms with Crippen LogP contribution in [0.4, 0.5) is 0 Å². The highest BCUT2D eigenvalue weighted by Crippen LogP contribution is 2.23. The molecule has 0 fully saturated rings. The van der Waals surface area contributed by atoms with Crippen molar-refractivity contribution in [1.82, 2.24) is 5.32 Å². The van der Waals surface area contributed by atoms with E-state index in [1.54, 1.807) is 6.07 Å². The fourth-order valence-corrected chi connectivity index (χ4v) is 2.73. The first-order chi connectivity index (χ1) is 8.97. The minimum Gasteiger partial charge on any atom is -0.477 e. The number of rotatable bonds is 5. The van der Waals surface area contributed by atoms with E-state index in [2.05, 4.69) is 5.32 Å². The molecule has 102 valence electrons. The summed E-state index contributed by atoms with van der Waals surface area (Å²) in [6, 6.07) is 5.72. The molecule has 0 aliphatic rings. The van der Waals surface area contributed by atoms with E-state index in [0.717, 1.165) is 22.0 Å². The van der Waals surface area contributed by atoms with Gasteiger partial charge in [0.2, 0.25) is 0 Å². The molecule has 0 spiro atoms. The topological polar surface area (TPSA) is 62.5 Å². The third-order valence-electron chi connectivity index (χ3n) is 3.02. The van der Waals surface area contributed by atoms with Crippen molar-refractivity contribution in [1.29, 1.82) is 0 Å². The number of aryl methyl sites for hydroxylation is 2. The van der Waals surface area contributed by atoms with Gasteiger partial charge >= 0.3 is 5.97 Å². The van der Waals surface area contributed by atoms with E-state index < -0.39 is 5.97 Å². The van der Waals surface area contributed by atoms with Crippen LogP contribution < -0.4 is 5.32 Å². The summed E-state index contributed by atoms with van der Waals surface area (Å²) in [6.07, 6.45) is 0. The Morgan fingerprint density at radius 2 is 2.21 bits per heavy atom. The quantitative estimate of drug-likeness (QED) is 0.879. The van der Waals surface area contributed by atoms with Gasteiger partial charge < -0.3 is 14.8 Å². The second-order valence-corrected chi connectivity index (χ2v) is 5.80. The number of carbonyl (C=O) groups is 1. The summed E-state index contributed by atoms with van der Waals surface area (Å²) in [7, 11) is 0. The van der Waals surface area contributed by atoms with Crippen LogP contribution in [0.3, 0.4) is 0 Å². The molecule has 2 rings (SSSR count). The summed E-state index contributed by atoms with van der Waals surface area (Å²) in [5.74, 6) is 0.918. The SMILES string of the molecule is Cc1ccc(C(C)NCc2cc(C(=O)O)sc2C)o1. The zero-order chi connectivity index (χ0) is 14.0. The minimum atomic E-state index is -0.867. The lowest BCUT2D eigenvalue weighted by molar-refractivity contribution is 0.0702. The van der Waals surface area contributed by atoms with Crippen LogP contribution in [0.15, 0.2) is 22.6 Å². The number of furan rings is 1. The van der Waals surface area contributed by atoms with Gasteiger partial charge in [-0.15, -0.1) is 11.3 Å². The highest BCUT2D eigenvalue weighted by atomic mass is 32.1. The Morgan fingerprint density at radius 1 is 1.47 bits per heavy atom. The van der Waals surface area contributed by atoms with Crippen molar-refractivity contribution in [3.05, 3.63) is 45.0 Å². The molecule has 0 aromatic carbocycles. The van der Waals surface area contributed by atoms with Gasteiger partial charge in [-0.2, -0.15) is 0 Å². The fourth-order valence-electron chi connectivity index (χ4n) is 1.85. The molecule has 5 heteroatoms. The summed E-state index contributed by atoms with van der Waals surface area (Å²) in [5, 5.41) is 12.3. The standard InChI is InChI=1S/C14H17NO3S/c1-8-4-5-12(18-8)9(2)15-7-11-6-13(14(16)17)19-10(11)3/h4-6,9,15H,7H2,1-3H3,(H,16,17). The van der Waals surface area contributed by atoms with Gasteiger partial charge in [0.25, 0.3) is 0 Å². The van der Waals surface area contributed by atoms with E-state index in [4.69, 9.17) is 9.52 Å². The Hall–Kier alpha value is -1.59. The Kier molecular flexibility index (Phi) is 4.07. The average molecular weight is 279 g/mol. The van der Waals surface area contributed by atoms with Crippen molar-refractivity contribution >= 4 is 17.3 Å². The van der Waals surface area contributed by atoms with Crippen LogP contribution in [0.25, 0.3) is 0 Å². The molecule has 2 heterocycles. The van der Waals surface area contributed by atoms with E-state index in [1.165, 1.54) is 11.3 Å². The second-order valence-electron chi connectivity index (χ2n) is 4.55. The van der Waals surface area contributed by atoms with Gasteiger partial charge in [0.05, 0.1) is 6.04 Å². The molecule has 0 amide bonds. The van der Waals surface area contributed by atoms with E-state index in [-0.39, 0.29) is 6.04 Å². The lowest BCUT2D eigenvalue weighted by atomic mass is 10.2. The summed E-state index contributed by atoms with van der Waals surface area (Å²) in [6.45, 7) is 6.52. The highest BCUT2D eigenvalue weighted by molar-refractivity contribution is 7.14. The molecule has 19 heavy (non-hydrogen) atoms. The van der Waals surface area contributed by atoms with E-state index in [9.17, 15) is 4.79 Å². The fraction of sp³-hybridized carbons (Fsp3) is 0.357. The van der Waals surface area contributed by atoms with Crippen LogP contribution >= 0.6 is 11.3 Å². The molecular formula is C14H17NO3S. The summed E-state index contributed by atoms with van der Waals surface area (Å²) < 4.78 is 5.55. The molecule has 1 unspecified atom stereocenters. The Bertz CT molecular complexity index is 585. The van der Waals surface area contributed by atoms with E-state index >= 15 is 0 Å². The number of thiophene rings is 1. The van der Waals surface area contributed by atoms with Crippen molar-refractivity contribution in [2.45, 2.75) is 33.4 Å². The second kappa shape index (κ2) is 5.59. The maximum absolute atomic E-state index is 10.9. The van der Waals surface area contributed by atoms with Crippen LogP contribution in [0, 0.1) is 13.8 Å². The van der Waals surface area contributed by atoms with Crippen molar-refractivity contribution in [2.75, 3.05) is 0 Å². The first kappa shape index (κ1) is 13.8. The number of carboxylic acids is 1. The van der Waals surface area contributed by atoms with Gasteiger partial charge in [-0.3, -0.25) is 0 Å². The molecule has 0 bridgehead atoms. The van der Waals surface area contributed by atoms with Crippen molar-refractivity contribution < 1.29 is 14.3 Å². The van der Waals surface area contributed by atoms with Crippen molar-refractivity contribution in [3.8, 4) is 0 Å². The molecule has 0 aliphatic carbocycles. The predicted octanol–water partition coefficient (Wildman–Crippen LogP) is 3.51. The Labute approximate surface area is 116 Å². The summed E-state index contributed by atoms with van der Waals surface area (Å²) >= 11 is 1.31. The molecule has 2 N–H and O–H groups in total. The first-order valence-corrected chi connectivity index (χ1v) is 6.91. The lowest BCUT2D eigenvalue weighted by Crippen LogP contribution is -2.17. The normalized spacial score (nSPS) is 12.6. The van der Waals surface area contributed by atoms with Gasteiger partial charge in [-0.25, -0.2) is 4.79 Å². The third kappa shape index (κ3) is 3.24. The number of hydrogen-bond donors (Lipinski definition) is 2. The number of nitrogens with one attached hydrogen (secondary N) is 1. The van der Waals surface area contributed by atoms with Gasteiger partial charge in [-0.05, 0) is 44.5 Å². The predicted molar refractivity (Wildman–Crippen MR) is 74.7 cm³/mol. The monoisotopic (exact) mass is 279 g/mol. The van der Waals surface area contributed by atoms with Crippen LogP contribution in [-0.2, 0) is 6.54 Å². The van der Waals surface area contributed by atoms with Crippen LogP contribution in [-0.4, -0.2) is 11.1 Å². The summed E-state index contributed by atoms with van der Waals surface area (Å²) in [5.41, 5.74) is 1.03. The average Bonchev–Trinajstić information content (AvgIpc) is 2.93. The molecule has 1 atom stereocenters. The van der Waals surface area contributed by atoms with Crippen molar-refractivity contribution in [3.63, 3.8) is 0 Å². The largest absolute Gasteiger partial charge is 0.477 e. The first-order valence-electron chi connectivity index (χ1n) is 6.09. The highest BCUT2D eigenvalue weighted by Gasteiger charge is 2.13. The Balaban J connectivity index is 2.00. The maximum atomic E-state index is 10.9. The van der Waals surface area contributed by atoms with Crippen LogP contribution in [0.5, 0.6) is 0 Å². The number of hydrogen-bond acceptors (Lipinski definition) is 4. The summed E-state index contributed by atoms with van der Waals surface area (Å²) in [4.78, 5) is 12.3. The molecule has 2 aromatic heterocycles. The number of aromatic carboxylic acids is 1. The maximum Gasteiger partial charge on any atom is 0.345 e. The van der Waals surface area contributed by atoms with E-state index in [1.807, 2.05) is 32.9 Å². The Morgan fingerprint density at radius 3 is 2.74 bits per heavy atom. The van der Waals surface area contributed by atoms with Crippen LogP contribution in [0.1, 0.15) is 44.6 Å². The van der Waals surface area contributed by atoms with Crippen molar-refractivity contribution in [2.24, 2.45) is 0 Å². The molecule has 2 aromatic rings. The van der Waals surface area contributed by atoms with E-state index in [0.29, 0.717) is 11.4 Å². The van der Waals surface area contributed by atoms with Gasteiger partial charge in [-0.1, -0.05) is 0 Å². The number of carboxylic acid groups (broad SMARTS) is 1. The smallest absolute Gasteiger partial charge is 0.345 e. The third-order valence-corrected chi connectivity index (χ3v) is 4.10. The molecule has 4 nitrogen and oxygen atoms in total. The van der Waals surface area contributed by atoms with Gasteiger partial charge in [0.1, 0.15) is 16.4 Å². The zero-order valence-corrected chi connectivity index (χ0v) is 12.0. The molecule has 0 radical (unpaired) electrons. The zero-order valence-electron chi connectivity index (χ0n) is 11.2. The minimum absolute atomic E-state index is 0.0984.